The number of rotatable bonds is 5. The van der Waals surface area contributed by atoms with Gasteiger partial charge in [0.15, 0.2) is 5.75 Å². The highest BCUT2D eigenvalue weighted by atomic mass is 32.2. The first-order valence-electron chi connectivity index (χ1n) is 4.46. The van der Waals surface area contributed by atoms with Crippen molar-refractivity contribution in [1.29, 1.82) is 5.26 Å². The van der Waals surface area contributed by atoms with Crippen LogP contribution in [-0.4, -0.2) is 44.6 Å². The van der Waals surface area contributed by atoms with Crippen molar-refractivity contribution >= 4 is 15.9 Å². The van der Waals surface area contributed by atoms with Crippen molar-refractivity contribution in [3.8, 4) is 6.07 Å². The van der Waals surface area contributed by atoms with E-state index >= 15 is 0 Å². The van der Waals surface area contributed by atoms with Gasteiger partial charge in [-0.15, -0.1) is 0 Å². The van der Waals surface area contributed by atoms with Crippen LogP contribution in [0.1, 0.15) is 13.8 Å². The standard InChI is InChI=1S/C8H15N3O3S/c1-4-11(3)8(12)7(2)10-15(13,14)6-5-9/h7,10H,4,6H2,1-3H3. The molecule has 0 aliphatic rings. The molecule has 0 aromatic rings. The number of nitrogens with one attached hydrogen (secondary N) is 1. The normalized spacial score (nSPS) is 12.9. The van der Waals surface area contributed by atoms with Crippen LogP contribution in [0.25, 0.3) is 0 Å². The molecule has 0 bridgehead atoms. The zero-order chi connectivity index (χ0) is 12.1. The minimum Gasteiger partial charge on any atom is -0.345 e. The van der Waals surface area contributed by atoms with Crippen molar-refractivity contribution in [2.75, 3.05) is 19.3 Å². The summed E-state index contributed by atoms with van der Waals surface area (Å²) >= 11 is 0. The second-order valence-corrected chi connectivity index (χ2v) is 4.86. The first-order chi connectivity index (χ1) is 6.84. The van der Waals surface area contributed by atoms with Crippen molar-refractivity contribution in [1.82, 2.24) is 9.62 Å². The highest BCUT2D eigenvalue weighted by Gasteiger charge is 2.21. The molecule has 0 aromatic heterocycles. The van der Waals surface area contributed by atoms with Gasteiger partial charge in [0.05, 0.1) is 12.1 Å². The third kappa shape index (κ3) is 4.76. The molecule has 0 spiro atoms. The highest BCUT2D eigenvalue weighted by Crippen LogP contribution is 1.94. The smallest absolute Gasteiger partial charge is 0.240 e. The lowest BCUT2D eigenvalue weighted by molar-refractivity contribution is -0.131. The second kappa shape index (κ2) is 5.68. The molecule has 0 fully saturated rings. The van der Waals surface area contributed by atoms with Gasteiger partial charge in [-0.25, -0.2) is 13.1 Å². The highest BCUT2D eigenvalue weighted by molar-refractivity contribution is 7.89. The summed E-state index contributed by atoms with van der Waals surface area (Å²) in [6, 6.07) is 0.681. The molecule has 1 N–H and O–H groups in total. The fourth-order valence-electron chi connectivity index (χ4n) is 0.933. The molecular formula is C8H15N3O3S. The van der Waals surface area contributed by atoms with Crippen LogP contribution in [0.5, 0.6) is 0 Å². The van der Waals surface area contributed by atoms with E-state index in [2.05, 4.69) is 4.72 Å². The van der Waals surface area contributed by atoms with Gasteiger partial charge in [-0.05, 0) is 13.8 Å². The molecule has 1 unspecified atom stereocenters. The van der Waals surface area contributed by atoms with Crippen molar-refractivity contribution in [3.05, 3.63) is 0 Å². The Morgan fingerprint density at radius 1 is 1.60 bits per heavy atom. The molecule has 86 valence electrons. The van der Waals surface area contributed by atoms with Gasteiger partial charge in [-0.2, -0.15) is 5.26 Å². The monoisotopic (exact) mass is 233 g/mol. The van der Waals surface area contributed by atoms with Crippen molar-refractivity contribution < 1.29 is 13.2 Å². The van der Waals surface area contributed by atoms with Crippen molar-refractivity contribution in [2.24, 2.45) is 0 Å². The zero-order valence-electron chi connectivity index (χ0n) is 9.02. The van der Waals surface area contributed by atoms with Gasteiger partial charge in [-0.3, -0.25) is 4.79 Å². The molecule has 1 amide bonds. The second-order valence-electron chi connectivity index (χ2n) is 3.11. The first kappa shape index (κ1) is 13.9. The predicted octanol–water partition coefficient (Wildman–Crippen LogP) is -0.704. The fourth-order valence-corrected chi connectivity index (χ4v) is 1.83. The SMILES string of the molecule is CCN(C)C(=O)C(C)NS(=O)(=O)CC#N. The molecule has 1 atom stereocenters. The largest absolute Gasteiger partial charge is 0.345 e. The van der Waals surface area contributed by atoms with Gasteiger partial charge in [0.25, 0.3) is 0 Å². The maximum absolute atomic E-state index is 11.5. The number of amides is 1. The van der Waals surface area contributed by atoms with Gasteiger partial charge >= 0.3 is 0 Å². The summed E-state index contributed by atoms with van der Waals surface area (Å²) in [5, 5.41) is 8.24. The molecule has 6 nitrogen and oxygen atoms in total. The Labute approximate surface area is 89.9 Å². The van der Waals surface area contributed by atoms with E-state index in [1.165, 1.54) is 17.9 Å². The number of carbonyl (C=O) groups is 1. The third-order valence-corrected chi connectivity index (χ3v) is 3.05. The Hall–Kier alpha value is -1.13. The molecule has 15 heavy (non-hydrogen) atoms. The van der Waals surface area contributed by atoms with Crippen LogP contribution in [-0.2, 0) is 14.8 Å². The summed E-state index contributed by atoms with van der Waals surface area (Å²) in [6.45, 7) is 3.74. The maximum Gasteiger partial charge on any atom is 0.240 e. The number of sulfonamides is 1. The maximum atomic E-state index is 11.5. The van der Waals surface area contributed by atoms with Crippen LogP contribution in [0.3, 0.4) is 0 Å². The average Bonchev–Trinajstić information content (AvgIpc) is 2.14. The Morgan fingerprint density at radius 3 is 2.53 bits per heavy atom. The van der Waals surface area contributed by atoms with Crippen LogP contribution >= 0.6 is 0 Å². The molecular weight excluding hydrogens is 218 g/mol. The van der Waals surface area contributed by atoms with E-state index < -0.39 is 21.8 Å². The number of hydrogen-bond donors (Lipinski definition) is 1. The third-order valence-electron chi connectivity index (χ3n) is 1.83. The van der Waals surface area contributed by atoms with Gasteiger partial charge in [-0.1, -0.05) is 0 Å². The van der Waals surface area contributed by atoms with E-state index in [1.54, 1.807) is 14.0 Å². The van der Waals surface area contributed by atoms with Crippen LogP contribution in [0.2, 0.25) is 0 Å². The number of hydrogen-bond acceptors (Lipinski definition) is 4. The Morgan fingerprint density at radius 2 is 2.13 bits per heavy atom. The predicted molar refractivity (Wildman–Crippen MR) is 55.3 cm³/mol. The summed E-state index contributed by atoms with van der Waals surface area (Å²) in [5.74, 6) is -0.959. The molecule has 0 aliphatic heterocycles. The van der Waals surface area contributed by atoms with E-state index in [1.807, 2.05) is 0 Å². The molecule has 0 heterocycles. The number of likely N-dealkylation sites (N-methyl/N-ethyl adjacent to an activating group) is 1. The van der Waals surface area contributed by atoms with Crippen LogP contribution < -0.4 is 4.72 Å². The number of nitriles is 1. The van der Waals surface area contributed by atoms with Gasteiger partial charge in [0, 0.05) is 13.6 Å². The summed E-state index contributed by atoms with van der Waals surface area (Å²) < 4.78 is 24.4. The van der Waals surface area contributed by atoms with Crippen molar-refractivity contribution in [2.45, 2.75) is 19.9 Å². The zero-order valence-corrected chi connectivity index (χ0v) is 9.84. The molecule has 0 saturated carbocycles. The summed E-state index contributed by atoms with van der Waals surface area (Å²) in [5.41, 5.74) is 0. The van der Waals surface area contributed by atoms with Gasteiger partial charge < -0.3 is 4.90 Å². The summed E-state index contributed by atoms with van der Waals surface area (Å²) in [6.07, 6.45) is 0. The lowest BCUT2D eigenvalue weighted by atomic mass is 10.3. The minimum absolute atomic E-state index is 0.320. The Bertz CT molecular complexity index is 358. The topological polar surface area (TPSA) is 90.3 Å². The lowest BCUT2D eigenvalue weighted by Crippen LogP contribution is -2.45. The lowest BCUT2D eigenvalue weighted by Gasteiger charge is -2.19. The quantitative estimate of drug-likeness (QED) is 0.679. The molecule has 0 rings (SSSR count). The minimum atomic E-state index is -3.68. The Balaban J connectivity index is 4.45. The van der Waals surface area contributed by atoms with E-state index in [0.29, 0.717) is 6.54 Å². The molecule has 7 heteroatoms. The van der Waals surface area contributed by atoms with E-state index in [9.17, 15) is 13.2 Å². The van der Waals surface area contributed by atoms with E-state index in [0.717, 1.165) is 0 Å². The van der Waals surface area contributed by atoms with Crippen LogP contribution in [0.4, 0.5) is 0 Å². The van der Waals surface area contributed by atoms with Crippen LogP contribution in [0, 0.1) is 11.3 Å². The fraction of sp³-hybridized carbons (Fsp3) is 0.750. The van der Waals surface area contributed by atoms with E-state index in [-0.39, 0.29) is 5.91 Å². The molecule has 0 aromatic carbocycles. The molecule has 0 radical (unpaired) electrons. The van der Waals surface area contributed by atoms with Gasteiger partial charge in [0.1, 0.15) is 0 Å². The number of nitrogens with zero attached hydrogens (tertiary/aromatic N) is 2. The summed E-state index contributed by atoms with van der Waals surface area (Å²) in [7, 11) is -2.10. The summed E-state index contributed by atoms with van der Waals surface area (Å²) in [4.78, 5) is 12.9. The molecule has 0 aliphatic carbocycles. The Kier molecular flexibility index (Phi) is 5.25. The first-order valence-corrected chi connectivity index (χ1v) is 6.11. The van der Waals surface area contributed by atoms with Crippen molar-refractivity contribution in [3.63, 3.8) is 0 Å². The van der Waals surface area contributed by atoms with Crippen LogP contribution in [0.15, 0.2) is 0 Å². The van der Waals surface area contributed by atoms with E-state index in [4.69, 9.17) is 5.26 Å². The van der Waals surface area contributed by atoms with Gasteiger partial charge in [0.2, 0.25) is 15.9 Å². The number of carbonyl (C=O) groups excluding carboxylic acids is 1. The molecule has 0 saturated heterocycles. The average molecular weight is 233 g/mol.